The molecule has 0 bridgehead atoms. The quantitative estimate of drug-likeness (QED) is 0.519. The van der Waals surface area contributed by atoms with Gasteiger partial charge in [-0.05, 0) is 68.2 Å². The zero-order chi connectivity index (χ0) is 18.4. The summed E-state index contributed by atoms with van der Waals surface area (Å²) >= 11 is 0. The van der Waals surface area contributed by atoms with Gasteiger partial charge in [-0.25, -0.2) is 4.39 Å². The second-order valence-electron chi connectivity index (χ2n) is 5.58. The second-order valence-corrected chi connectivity index (χ2v) is 5.58. The highest BCUT2D eigenvalue weighted by Crippen LogP contribution is 2.25. The molecule has 0 aliphatic heterocycles. The maximum atomic E-state index is 13.0. The van der Waals surface area contributed by atoms with Crippen LogP contribution in [0.15, 0.2) is 82.8 Å². The minimum absolute atomic E-state index is 0.289. The summed E-state index contributed by atoms with van der Waals surface area (Å²) in [6, 6.07) is 21.4. The smallest absolute Gasteiger partial charge is 0.127 e. The highest BCUT2D eigenvalue weighted by atomic mass is 19.1. The lowest BCUT2D eigenvalue weighted by Gasteiger charge is -2.11. The van der Waals surface area contributed by atoms with E-state index in [4.69, 9.17) is 4.74 Å². The third-order valence-electron chi connectivity index (χ3n) is 3.82. The van der Waals surface area contributed by atoms with Crippen molar-refractivity contribution in [2.45, 2.75) is 6.92 Å². The number of ether oxygens (including phenoxy) is 1. The largest absolute Gasteiger partial charge is 0.457 e. The summed E-state index contributed by atoms with van der Waals surface area (Å²) in [6.07, 6.45) is 0. The van der Waals surface area contributed by atoms with Crippen molar-refractivity contribution >= 4 is 18.1 Å². The SMILES string of the molecule is C=Nc1ccccc1C(=NCC)c1ccc(Oc2ccc(F)cc2)cc1. The Balaban J connectivity index is 1.88. The molecule has 0 heterocycles. The van der Waals surface area contributed by atoms with E-state index in [1.165, 1.54) is 12.1 Å². The Bertz CT molecular complexity index is 916. The summed E-state index contributed by atoms with van der Waals surface area (Å²) in [4.78, 5) is 8.74. The molecule has 130 valence electrons. The van der Waals surface area contributed by atoms with Crippen molar-refractivity contribution in [3.05, 3.63) is 89.7 Å². The molecule has 4 heteroatoms. The summed E-state index contributed by atoms with van der Waals surface area (Å²) in [5.41, 5.74) is 3.57. The molecule has 3 rings (SSSR count). The predicted molar refractivity (Wildman–Crippen MR) is 105 cm³/mol. The summed E-state index contributed by atoms with van der Waals surface area (Å²) in [7, 11) is 0. The summed E-state index contributed by atoms with van der Waals surface area (Å²) in [5.74, 6) is 0.969. The second kappa shape index (κ2) is 8.21. The van der Waals surface area contributed by atoms with Gasteiger partial charge in [-0.15, -0.1) is 0 Å². The number of para-hydroxylation sites is 1. The number of rotatable bonds is 6. The van der Waals surface area contributed by atoms with Gasteiger partial charge in [0, 0.05) is 17.7 Å². The van der Waals surface area contributed by atoms with E-state index in [1.807, 2.05) is 55.5 Å². The number of benzene rings is 3. The van der Waals surface area contributed by atoms with Crippen LogP contribution in [-0.4, -0.2) is 19.0 Å². The Morgan fingerprint density at radius 2 is 1.54 bits per heavy atom. The highest BCUT2D eigenvalue weighted by molar-refractivity contribution is 6.15. The zero-order valence-electron chi connectivity index (χ0n) is 14.5. The van der Waals surface area contributed by atoms with Crippen LogP contribution in [0.5, 0.6) is 11.5 Å². The molecule has 0 spiro atoms. The van der Waals surface area contributed by atoms with Crippen LogP contribution < -0.4 is 4.74 Å². The van der Waals surface area contributed by atoms with Crippen molar-refractivity contribution in [1.29, 1.82) is 0 Å². The van der Waals surface area contributed by atoms with Gasteiger partial charge in [0.05, 0.1) is 11.4 Å². The van der Waals surface area contributed by atoms with Crippen LogP contribution in [0.2, 0.25) is 0 Å². The van der Waals surface area contributed by atoms with Gasteiger partial charge in [0.25, 0.3) is 0 Å². The fourth-order valence-electron chi connectivity index (χ4n) is 2.62. The zero-order valence-corrected chi connectivity index (χ0v) is 14.5. The number of aliphatic imine (C=N–C) groups is 2. The van der Waals surface area contributed by atoms with E-state index < -0.39 is 0 Å². The van der Waals surface area contributed by atoms with E-state index in [1.54, 1.807) is 12.1 Å². The first-order valence-corrected chi connectivity index (χ1v) is 8.35. The minimum Gasteiger partial charge on any atom is -0.457 e. The molecule has 0 saturated carbocycles. The van der Waals surface area contributed by atoms with E-state index in [0.29, 0.717) is 18.0 Å². The lowest BCUT2D eigenvalue weighted by Crippen LogP contribution is -2.04. The third-order valence-corrected chi connectivity index (χ3v) is 3.82. The summed E-state index contributed by atoms with van der Waals surface area (Å²) < 4.78 is 18.7. The van der Waals surface area contributed by atoms with Crippen LogP contribution in [0.4, 0.5) is 10.1 Å². The minimum atomic E-state index is -0.289. The maximum Gasteiger partial charge on any atom is 0.127 e. The predicted octanol–water partition coefficient (Wildman–Crippen LogP) is 5.81. The monoisotopic (exact) mass is 346 g/mol. The third kappa shape index (κ3) is 4.03. The molecule has 3 aromatic carbocycles. The van der Waals surface area contributed by atoms with E-state index >= 15 is 0 Å². The molecule has 0 saturated heterocycles. The van der Waals surface area contributed by atoms with Gasteiger partial charge in [-0.1, -0.05) is 18.2 Å². The molecule has 0 unspecified atom stereocenters. The number of hydrogen-bond acceptors (Lipinski definition) is 3. The Morgan fingerprint density at radius 1 is 0.923 bits per heavy atom. The van der Waals surface area contributed by atoms with Crippen molar-refractivity contribution < 1.29 is 9.13 Å². The Morgan fingerprint density at radius 3 is 2.15 bits per heavy atom. The fraction of sp³-hybridized carbons (Fsp3) is 0.0909. The standard InChI is InChI=1S/C22H19FN2O/c1-3-25-22(20-6-4-5-7-21(20)24-2)16-8-12-18(13-9-16)26-19-14-10-17(23)11-15-19/h4-15H,2-3H2,1H3. The number of halogens is 1. The van der Waals surface area contributed by atoms with Crippen molar-refractivity contribution in [2.75, 3.05) is 6.54 Å². The first-order valence-electron chi connectivity index (χ1n) is 8.35. The highest BCUT2D eigenvalue weighted by Gasteiger charge is 2.11. The van der Waals surface area contributed by atoms with Crippen LogP contribution in [0.3, 0.4) is 0 Å². The van der Waals surface area contributed by atoms with Crippen LogP contribution in [0, 0.1) is 5.82 Å². The van der Waals surface area contributed by atoms with Gasteiger partial charge in [0.1, 0.15) is 17.3 Å². The van der Waals surface area contributed by atoms with Gasteiger partial charge < -0.3 is 4.74 Å². The van der Waals surface area contributed by atoms with Gasteiger partial charge in [0.2, 0.25) is 0 Å². The van der Waals surface area contributed by atoms with Crippen LogP contribution in [0.25, 0.3) is 0 Å². The molecule has 0 atom stereocenters. The van der Waals surface area contributed by atoms with Gasteiger partial charge in [0.15, 0.2) is 0 Å². The lowest BCUT2D eigenvalue weighted by molar-refractivity contribution is 0.480. The molecular weight excluding hydrogens is 327 g/mol. The van der Waals surface area contributed by atoms with E-state index in [0.717, 1.165) is 22.5 Å². The van der Waals surface area contributed by atoms with Crippen molar-refractivity contribution in [2.24, 2.45) is 9.98 Å². The number of hydrogen-bond donors (Lipinski definition) is 0. The lowest BCUT2D eigenvalue weighted by atomic mass is 10.0. The molecule has 0 aromatic heterocycles. The first kappa shape index (κ1) is 17.5. The molecule has 0 aliphatic carbocycles. The average Bonchev–Trinajstić information content (AvgIpc) is 2.69. The van der Waals surface area contributed by atoms with Gasteiger partial charge in [-0.3, -0.25) is 9.98 Å². The molecule has 0 radical (unpaired) electrons. The van der Waals surface area contributed by atoms with E-state index in [-0.39, 0.29) is 5.82 Å². The molecule has 26 heavy (non-hydrogen) atoms. The van der Waals surface area contributed by atoms with Gasteiger partial charge >= 0.3 is 0 Å². The fourth-order valence-corrected chi connectivity index (χ4v) is 2.62. The topological polar surface area (TPSA) is 34.0 Å². The van der Waals surface area contributed by atoms with Crippen LogP contribution in [-0.2, 0) is 0 Å². The normalized spacial score (nSPS) is 11.2. The molecule has 0 fully saturated rings. The number of nitrogens with zero attached hydrogens (tertiary/aromatic N) is 2. The van der Waals surface area contributed by atoms with Crippen molar-refractivity contribution in [3.8, 4) is 11.5 Å². The van der Waals surface area contributed by atoms with Crippen LogP contribution >= 0.6 is 0 Å². The van der Waals surface area contributed by atoms with E-state index in [9.17, 15) is 4.39 Å². The molecule has 0 amide bonds. The summed E-state index contributed by atoms with van der Waals surface area (Å²) in [6.45, 7) is 6.30. The molecule has 3 aromatic rings. The van der Waals surface area contributed by atoms with Crippen molar-refractivity contribution in [3.63, 3.8) is 0 Å². The summed E-state index contributed by atoms with van der Waals surface area (Å²) in [5, 5.41) is 0. The Kier molecular flexibility index (Phi) is 5.54. The maximum absolute atomic E-state index is 13.0. The van der Waals surface area contributed by atoms with Crippen LogP contribution in [0.1, 0.15) is 18.1 Å². The first-order chi connectivity index (χ1) is 12.7. The van der Waals surface area contributed by atoms with Crippen molar-refractivity contribution in [1.82, 2.24) is 0 Å². The molecule has 0 N–H and O–H groups in total. The Hall–Kier alpha value is -3.27. The molecular formula is C22H19FN2O. The molecule has 0 aliphatic rings. The Labute approximate surface area is 152 Å². The van der Waals surface area contributed by atoms with E-state index in [2.05, 4.69) is 16.7 Å². The average molecular weight is 346 g/mol. The molecule has 3 nitrogen and oxygen atoms in total. The van der Waals surface area contributed by atoms with Gasteiger partial charge in [-0.2, -0.15) is 0 Å².